The minimum atomic E-state index is -0.372. The highest BCUT2D eigenvalue weighted by Crippen LogP contribution is 2.66. The largest absolute Gasteiger partial charge is 0.488 e. The van der Waals surface area contributed by atoms with E-state index in [2.05, 4.69) is 41.5 Å². The van der Waals surface area contributed by atoms with Crippen LogP contribution in [0, 0.1) is 34.5 Å². The summed E-state index contributed by atoms with van der Waals surface area (Å²) in [6.45, 7) is 14.1. The van der Waals surface area contributed by atoms with Crippen LogP contribution in [0.25, 0.3) is 0 Å². The van der Waals surface area contributed by atoms with Crippen LogP contribution in [0.15, 0.2) is 0 Å². The zero-order valence-electron chi connectivity index (χ0n) is 17.1. The quantitative estimate of drug-likeness (QED) is 0.673. The minimum absolute atomic E-state index is 0.170. The highest BCUT2D eigenvalue weighted by atomic mass is 16.7. The first-order valence-electron chi connectivity index (χ1n) is 10.7. The van der Waals surface area contributed by atoms with Crippen molar-refractivity contribution in [2.45, 2.75) is 90.6 Å². The maximum absolute atomic E-state index is 6.52. The molecule has 2 saturated heterocycles. The lowest BCUT2D eigenvalue weighted by Crippen LogP contribution is -2.63. The van der Waals surface area contributed by atoms with Gasteiger partial charge < -0.3 is 18.6 Å². The molecule has 0 spiro atoms. The lowest BCUT2D eigenvalue weighted by Gasteiger charge is -2.63. The normalized spacial score (nSPS) is 57.9. The molecule has 0 amide bonds. The molecular weight excluding hydrogens is 326 g/mol. The molecule has 6 saturated carbocycles. The van der Waals surface area contributed by atoms with Crippen molar-refractivity contribution in [2.75, 3.05) is 0 Å². The van der Waals surface area contributed by atoms with E-state index in [0.29, 0.717) is 22.7 Å². The summed E-state index contributed by atoms with van der Waals surface area (Å²) in [4.78, 5) is 0. The van der Waals surface area contributed by atoms with Gasteiger partial charge in [-0.1, -0.05) is 27.7 Å². The Balaban J connectivity index is 1.23. The van der Waals surface area contributed by atoms with E-state index in [-0.39, 0.29) is 37.4 Å². The van der Waals surface area contributed by atoms with Crippen LogP contribution in [0.5, 0.6) is 0 Å². The van der Waals surface area contributed by atoms with Gasteiger partial charge >= 0.3 is 14.0 Å². The van der Waals surface area contributed by atoms with Crippen LogP contribution in [0.4, 0.5) is 0 Å². The van der Waals surface area contributed by atoms with Gasteiger partial charge in [0.25, 0.3) is 0 Å². The van der Waals surface area contributed by atoms with Crippen LogP contribution < -0.4 is 0 Å². The van der Waals surface area contributed by atoms with Crippen molar-refractivity contribution >= 4 is 14.0 Å². The predicted molar refractivity (Wildman–Crippen MR) is 100 cm³/mol. The summed E-state index contributed by atoms with van der Waals surface area (Å²) in [5, 5.41) is 0. The molecule has 2 aliphatic heterocycles. The lowest BCUT2D eigenvalue weighted by atomic mass is 9.45. The van der Waals surface area contributed by atoms with Crippen molar-refractivity contribution < 1.29 is 18.6 Å². The monoisotopic (exact) mass is 358 g/mol. The van der Waals surface area contributed by atoms with Crippen molar-refractivity contribution in [3.8, 4) is 0 Å². The Morgan fingerprint density at radius 1 is 0.654 bits per heavy atom. The van der Waals surface area contributed by atoms with Crippen LogP contribution >= 0.6 is 0 Å². The Morgan fingerprint density at radius 3 is 1.38 bits per heavy atom. The van der Waals surface area contributed by atoms with Crippen LogP contribution in [-0.4, -0.2) is 37.4 Å². The zero-order valence-corrected chi connectivity index (χ0v) is 17.1. The fourth-order valence-corrected chi connectivity index (χ4v) is 7.72. The molecule has 26 heavy (non-hydrogen) atoms. The summed E-state index contributed by atoms with van der Waals surface area (Å²) in [6.07, 6.45) is 5.13. The van der Waals surface area contributed by atoms with Crippen molar-refractivity contribution in [1.29, 1.82) is 0 Å². The Bertz CT molecular complexity index is 612. The van der Waals surface area contributed by atoms with E-state index in [1.54, 1.807) is 0 Å². The third-order valence-corrected chi connectivity index (χ3v) is 9.89. The standard InChI is InChI=1S/C20H32B2O4/c1-17(2)11-7-13(17)15-19(5,9-11)25-21(23-15)22-24-16-14-8-12(18(14,3)4)10-20(16,6)26-22/h11-16H,7-10H2,1-6H3/t11-,12+,13-,14+,15-,16-,19+,20+/m1/s1. The minimum Gasteiger partial charge on any atom is -0.407 e. The topological polar surface area (TPSA) is 36.9 Å². The second-order valence-corrected chi connectivity index (χ2v) is 11.8. The first kappa shape index (κ1) is 16.9. The van der Waals surface area contributed by atoms with Gasteiger partial charge in [-0.15, -0.1) is 0 Å². The third kappa shape index (κ3) is 1.79. The zero-order chi connectivity index (χ0) is 18.3. The van der Waals surface area contributed by atoms with E-state index in [1.807, 2.05) is 0 Å². The molecule has 8 aliphatic rings. The number of hydrogen-bond donors (Lipinski definition) is 0. The van der Waals surface area contributed by atoms with Gasteiger partial charge in [0.05, 0.1) is 23.4 Å². The van der Waals surface area contributed by atoms with E-state index in [1.165, 1.54) is 12.8 Å². The van der Waals surface area contributed by atoms with Crippen molar-refractivity contribution in [2.24, 2.45) is 34.5 Å². The first-order valence-corrected chi connectivity index (χ1v) is 10.7. The van der Waals surface area contributed by atoms with Crippen LogP contribution in [0.3, 0.4) is 0 Å². The lowest BCUT2D eigenvalue weighted by molar-refractivity contribution is -0.185. The average Bonchev–Trinajstić information content (AvgIpc) is 3.10. The molecule has 8 fully saturated rings. The molecule has 2 heterocycles. The molecular formula is C20H32B2O4. The summed E-state index contributed by atoms with van der Waals surface area (Å²) in [7, 11) is -0.745. The molecule has 8 rings (SSSR count). The van der Waals surface area contributed by atoms with Crippen molar-refractivity contribution in [1.82, 2.24) is 0 Å². The maximum atomic E-state index is 6.52. The molecule has 0 radical (unpaired) electrons. The first-order chi connectivity index (χ1) is 12.0. The third-order valence-electron chi connectivity index (χ3n) is 9.89. The van der Waals surface area contributed by atoms with E-state index in [0.717, 1.165) is 24.7 Å². The molecule has 0 aromatic carbocycles. The average molecular weight is 358 g/mol. The summed E-state index contributed by atoms with van der Waals surface area (Å²) < 4.78 is 26.1. The Kier molecular flexibility index (Phi) is 2.97. The van der Waals surface area contributed by atoms with Gasteiger partial charge in [-0.3, -0.25) is 0 Å². The van der Waals surface area contributed by atoms with E-state index in [4.69, 9.17) is 18.6 Å². The van der Waals surface area contributed by atoms with Gasteiger partial charge in [0.15, 0.2) is 0 Å². The highest BCUT2D eigenvalue weighted by Gasteiger charge is 2.72. The second kappa shape index (κ2) is 4.58. The SMILES string of the molecule is CC1(C)[C@@H]2C[C@@H]1[C@H]1OB(B3O[C@@H]4[C@@H]5C[C@@H](C[C@]4(C)O3)C5(C)C)O[C@@]1(C)C2. The summed E-state index contributed by atoms with van der Waals surface area (Å²) in [6, 6.07) is 0. The molecule has 4 bridgehead atoms. The van der Waals surface area contributed by atoms with Gasteiger partial charge in [-0.05, 0) is 74.0 Å². The van der Waals surface area contributed by atoms with Gasteiger partial charge in [-0.25, -0.2) is 0 Å². The molecule has 142 valence electrons. The number of hydrogen-bond acceptors (Lipinski definition) is 4. The summed E-state index contributed by atoms with van der Waals surface area (Å²) in [5.41, 5.74) is 0.420. The smallest absolute Gasteiger partial charge is 0.407 e. The second-order valence-electron chi connectivity index (χ2n) is 11.8. The van der Waals surface area contributed by atoms with E-state index >= 15 is 0 Å². The van der Waals surface area contributed by atoms with Crippen LogP contribution in [-0.2, 0) is 18.6 Å². The molecule has 0 aromatic rings. The van der Waals surface area contributed by atoms with Gasteiger partial charge in [0.1, 0.15) is 0 Å². The van der Waals surface area contributed by atoms with Crippen LogP contribution in [0.1, 0.15) is 67.2 Å². The molecule has 0 N–H and O–H groups in total. The Hall–Kier alpha value is -0.0301. The van der Waals surface area contributed by atoms with Crippen molar-refractivity contribution in [3.05, 3.63) is 0 Å². The van der Waals surface area contributed by atoms with Gasteiger partial charge in [0.2, 0.25) is 0 Å². The van der Waals surface area contributed by atoms with E-state index in [9.17, 15) is 0 Å². The molecule has 0 aromatic heterocycles. The molecule has 4 nitrogen and oxygen atoms in total. The molecule has 8 atom stereocenters. The maximum Gasteiger partial charge on any atom is 0.488 e. The fourth-order valence-electron chi connectivity index (χ4n) is 7.72. The highest BCUT2D eigenvalue weighted by molar-refractivity contribution is 7.11. The molecule has 0 unspecified atom stereocenters. The number of rotatable bonds is 1. The van der Waals surface area contributed by atoms with Crippen molar-refractivity contribution in [3.63, 3.8) is 0 Å². The fraction of sp³-hybridized carbons (Fsp3) is 1.00. The van der Waals surface area contributed by atoms with E-state index < -0.39 is 0 Å². The summed E-state index contributed by atoms with van der Waals surface area (Å²) >= 11 is 0. The summed E-state index contributed by atoms with van der Waals surface area (Å²) in [5.74, 6) is 2.72. The van der Waals surface area contributed by atoms with Gasteiger partial charge in [-0.2, -0.15) is 0 Å². The Labute approximate surface area is 158 Å². The predicted octanol–water partition coefficient (Wildman–Crippen LogP) is 3.52. The van der Waals surface area contributed by atoms with Gasteiger partial charge in [0, 0.05) is 0 Å². The van der Waals surface area contributed by atoms with Crippen LogP contribution in [0.2, 0.25) is 0 Å². The Morgan fingerprint density at radius 2 is 1.04 bits per heavy atom. The molecule has 6 aliphatic carbocycles. The molecule has 6 heteroatoms.